The summed E-state index contributed by atoms with van der Waals surface area (Å²) in [4.78, 5) is 0. The third-order valence-electron chi connectivity index (χ3n) is 8.84. The van der Waals surface area contributed by atoms with Crippen molar-refractivity contribution >= 4 is 35.8 Å². The molecule has 0 aliphatic heterocycles. The Morgan fingerprint density at radius 2 is 0.838 bits per heavy atom. The Hall–Kier alpha value is 0.628. The van der Waals surface area contributed by atoms with Gasteiger partial charge in [0, 0.05) is 30.1 Å². The van der Waals surface area contributed by atoms with E-state index >= 15 is 0 Å². The minimum atomic E-state index is -0.832. The maximum atomic E-state index is 4.52. The van der Waals surface area contributed by atoms with Gasteiger partial charge in [0.05, 0.1) is 0 Å². The molecule has 0 spiro atoms. The van der Waals surface area contributed by atoms with Crippen LogP contribution < -0.4 is 0 Å². The third-order valence-corrected chi connectivity index (χ3v) is 68.1. The van der Waals surface area contributed by atoms with Crippen LogP contribution in [0.4, 0.5) is 5.69 Å². The molecule has 1 aromatic carbocycles. The summed E-state index contributed by atoms with van der Waals surface area (Å²) in [6.07, 6.45) is 0. The van der Waals surface area contributed by atoms with Gasteiger partial charge in [-0.3, -0.25) is 0 Å². The van der Waals surface area contributed by atoms with Crippen LogP contribution in [0.2, 0.25) is 58.9 Å². The fraction of sp³-hybridized carbons (Fsp3) is 0.806. The molecule has 0 amide bonds. The van der Waals surface area contributed by atoms with Crippen LogP contribution in [0.1, 0.15) is 85.3 Å². The Labute approximate surface area is 250 Å². The van der Waals surface area contributed by atoms with Gasteiger partial charge in [0.25, 0.3) is 0 Å². The van der Waals surface area contributed by atoms with Crippen LogP contribution in [0.15, 0.2) is 21.5 Å². The predicted octanol–water partition coefficient (Wildman–Crippen LogP) is 11.2. The Bertz CT molecular complexity index is 729. The van der Waals surface area contributed by atoms with Crippen LogP contribution in [0.25, 0.3) is 0 Å². The van der Waals surface area contributed by atoms with E-state index in [2.05, 4.69) is 143 Å². The minimum absolute atomic E-state index is 0.0255. The van der Waals surface area contributed by atoms with Crippen LogP contribution in [0.3, 0.4) is 0 Å². The molecule has 0 unspecified atom stereocenters. The summed E-state index contributed by atoms with van der Waals surface area (Å²) in [5.41, 5.74) is 4.02. The zero-order valence-electron chi connectivity index (χ0n) is 28.2. The number of nitrogens with zero attached hydrogens (tertiary/aromatic N) is 1. The molecule has 1 aliphatic rings. The van der Waals surface area contributed by atoms with Crippen molar-refractivity contribution in [2.75, 3.05) is 0 Å². The summed E-state index contributed by atoms with van der Waals surface area (Å²) in [5.74, 6) is 5.81. The zero-order chi connectivity index (χ0) is 29.7. The van der Waals surface area contributed by atoms with E-state index in [0.717, 1.165) is 50.5 Å². The largest absolute Gasteiger partial charge is 0.0721 e. The van der Waals surface area contributed by atoms with Crippen LogP contribution >= 0.6 is 0 Å². The quantitative estimate of drug-likeness (QED) is 0.257. The topological polar surface area (TPSA) is 12.4 Å². The van der Waals surface area contributed by atoms with Crippen molar-refractivity contribution in [2.24, 2.45) is 32.9 Å². The SMILES string of the molecule is CC(C)c1cccc(C(C)C)c1[N]=[Ta].CC1C(C)C(C)C(C)C1C.C[Si](C)(C)[Si]([Si](C)(C)C)[Si](C)(C)C. The molecule has 2 rings (SSSR count). The number of hydrogen-bond acceptors (Lipinski definition) is 1. The molecule has 1 aromatic rings. The van der Waals surface area contributed by atoms with Gasteiger partial charge in [-0.1, -0.05) is 93.5 Å². The van der Waals surface area contributed by atoms with Gasteiger partial charge in [-0.2, -0.15) is 0 Å². The molecule has 37 heavy (non-hydrogen) atoms. The summed E-state index contributed by atoms with van der Waals surface area (Å²) < 4.78 is 4.52. The first kappa shape index (κ1) is 37.6. The third kappa shape index (κ3) is 11.2. The van der Waals surface area contributed by atoms with E-state index in [4.69, 9.17) is 0 Å². The second kappa shape index (κ2) is 15.0. The van der Waals surface area contributed by atoms with Crippen LogP contribution in [-0.2, 0) is 20.9 Å². The van der Waals surface area contributed by atoms with Crippen molar-refractivity contribution in [3.05, 3.63) is 29.3 Å². The van der Waals surface area contributed by atoms with Crippen molar-refractivity contribution in [1.29, 1.82) is 0 Å². The van der Waals surface area contributed by atoms with Gasteiger partial charge in [0.15, 0.2) is 0 Å². The van der Waals surface area contributed by atoms with E-state index in [1.165, 1.54) is 16.8 Å². The van der Waals surface area contributed by atoms with Crippen molar-refractivity contribution < 1.29 is 20.9 Å². The Kier molecular flexibility index (Phi) is 15.3. The molecule has 0 N–H and O–H groups in total. The second-order valence-electron chi connectivity index (χ2n) is 15.6. The predicted molar refractivity (Wildman–Crippen MR) is 178 cm³/mol. The summed E-state index contributed by atoms with van der Waals surface area (Å²) in [6.45, 7) is 44.4. The van der Waals surface area contributed by atoms with Crippen molar-refractivity contribution in [3.8, 4) is 0 Å². The molecule has 0 aromatic heterocycles. The second-order valence-corrected chi connectivity index (χ2v) is 53.1. The van der Waals surface area contributed by atoms with Crippen LogP contribution in [0, 0.1) is 29.6 Å². The first-order valence-corrected chi connectivity index (χ1v) is 31.3. The Morgan fingerprint density at radius 3 is 0.973 bits per heavy atom. The normalized spacial score (nSPS) is 24.5. The number of hydrogen-bond donors (Lipinski definition) is 0. The van der Waals surface area contributed by atoms with Gasteiger partial charge in [-0.25, -0.2) is 0 Å². The first-order chi connectivity index (χ1) is 16.5. The monoisotopic (exact) mass is 743 g/mol. The van der Waals surface area contributed by atoms with E-state index in [1.54, 1.807) is 0 Å². The molecule has 6 heteroatoms. The van der Waals surface area contributed by atoms with Crippen molar-refractivity contribution in [1.82, 2.24) is 0 Å². The van der Waals surface area contributed by atoms with Crippen LogP contribution in [-0.4, -0.2) is 30.1 Å². The summed E-state index contributed by atoms with van der Waals surface area (Å²) in [5, 5.41) is 0. The molecular formula is C31H64NSi4Ta. The van der Waals surface area contributed by atoms with E-state index in [0.29, 0.717) is 11.8 Å². The summed E-state index contributed by atoms with van der Waals surface area (Å²) >= 11 is 1.09. The van der Waals surface area contributed by atoms with Crippen molar-refractivity contribution in [2.45, 2.75) is 133 Å². The molecule has 0 atom stereocenters. The van der Waals surface area contributed by atoms with Gasteiger partial charge in [-0.05, 0) is 29.6 Å². The molecule has 1 nitrogen and oxygen atoms in total. The summed E-state index contributed by atoms with van der Waals surface area (Å²) in [6, 6.07) is 6.55. The number of rotatable bonds is 6. The molecule has 1 fully saturated rings. The Balaban J connectivity index is 0.000000532. The first-order valence-electron chi connectivity index (χ1n) is 14.9. The average Bonchev–Trinajstić information content (AvgIpc) is 2.88. The van der Waals surface area contributed by atoms with Gasteiger partial charge >= 0.3 is 98.8 Å². The minimum Gasteiger partial charge on any atom is -0.0721 e. The average molecular weight is 744 g/mol. The molecular weight excluding hydrogens is 680 g/mol. The number of benzene rings is 1. The molecule has 0 heterocycles. The maximum Gasteiger partial charge on any atom is 0.0306 e. The van der Waals surface area contributed by atoms with Gasteiger partial charge in [0.2, 0.25) is 0 Å². The molecule has 1 saturated carbocycles. The van der Waals surface area contributed by atoms with E-state index < -0.39 is 22.8 Å². The zero-order valence-corrected chi connectivity index (χ0v) is 35.4. The van der Waals surface area contributed by atoms with Crippen molar-refractivity contribution in [3.63, 3.8) is 0 Å². The molecule has 0 bridgehead atoms. The molecule has 0 saturated heterocycles. The van der Waals surface area contributed by atoms with Crippen LogP contribution in [0.5, 0.6) is 0 Å². The Morgan fingerprint density at radius 1 is 0.595 bits per heavy atom. The van der Waals surface area contributed by atoms with Gasteiger partial charge in [0.1, 0.15) is 0 Å². The molecule has 1 aliphatic carbocycles. The fourth-order valence-electron chi connectivity index (χ4n) is 7.40. The van der Waals surface area contributed by atoms with E-state index in [1.807, 2.05) is 0 Å². The standard InChI is InChI=1S/C12H17N.C10H20.C9H27Si4.Ta/c1-8(2)10-6-5-7-11(9(3)4)12(10)13;1-6-7(2)9(4)10(5)8(6)3;1-11(2,3)10(12(4,5)6)13(7,8)9;/h5-9H,1-4H3;6-10H,1-5H3;1-9H3;. The fourth-order valence-corrected chi connectivity index (χ4v) is 96.0. The summed E-state index contributed by atoms with van der Waals surface area (Å²) in [7, 11) is -2.47. The van der Waals surface area contributed by atoms with E-state index in [-0.39, 0.29) is 7.35 Å². The maximum absolute atomic E-state index is 4.52. The van der Waals surface area contributed by atoms with E-state index in [9.17, 15) is 0 Å². The smallest absolute Gasteiger partial charge is 0.0306 e. The molecule has 214 valence electrons. The van der Waals surface area contributed by atoms with Gasteiger partial charge < -0.3 is 0 Å². The van der Waals surface area contributed by atoms with Gasteiger partial charge in [-0.15, -0.1) is 0 Å². The molecule has 1 radical (unpaired) electrons.